The lowest BCUT2D eigenvalue weighted by Crippen LogP contribution is -2.21. The van der Waals surface area contributed by atoms with Gasteiger partial charge in [-0.3, -0.25) is 4.79 Å². The van der Waals surface area contributed by atoms with E-state index in [-0.39, 0.29) is 23.0 Å². The van der Waals surface area contributed by atoms with E-state index in [0.29, 0.717) is 5.76 Å². The maximum atomic E-state index is 14.3. The average Bonchev–Trinajstić information content (AvgIpc) is 3.40. The zero-order valence-corrected chi connectivity index (χ0v) is 15.3. The fourth-order valence-corrected chi connectivity index (χ4v) is 2.65. The van der Waals surface area contributed by atoms with Crippen LogP contribution in [0.4, 0.5) is 23.2 Å². The first-order valence-corrected chi connectivity index (χ1v) is 8.63. The third-order valence-corrected chi connectivity index (χ3v) is 3.98. The van der Waals surface area contributed by atoms with Crippen molar-refractivity contribution in [3.8, 4) is 28.9 Å². The van der Waals surface area contributed by atoms with E-state index in [1.807, 2.05) is 0 Å². The van der Waals surface area contributed by atoms with Crippen molar-refractivity contribution in [1.29, 1.82) is 0 Å². The number of para-hydroxylation sites is 1. The molecule has 0 aliphatic heterocycles. The number of benzene rings is 2. The van der Waals surface area contributed by atoms with Gasteiger partial charge in [0.25, 0.3) is 11.8 Å². The summed E-state index contributed by atoms with van der Waals surface area (Å²) in [7, 11) is 0. The van der Waals surface area contributed by atoms with Crippen molar-refractivity contribution in [2.45, 2.75) is 6.36 Å². The minimum atomic E-state index is -4.99. The molecule has 0 bridgehead atoms. The molecule has 0 atom stereocenters. The Hall–Kier alpha value is -4.15. The molecular weight excluding hydrogens is 422 g/mol. The zero-order valence-electron chi connectivity index (χ0n) is 15.3. The number of alkyl halides is 3. The van der Waals surface area contributed by atoms with Crippen LogP contribution in [0.1, 0.15) is 10.4 Å². The molecule has 2 aromatic heterocycles. The number of hydrogen-bond acceptors (Lipinski definition) is 6. The van der Waals surface area contributed by atoms with Gasteiger partial charge in [-0.25, -0.2) is 4.39 Å². The standard InChI is InChI=1S/C20H11F4N3O4/c21-13-8-7-11(18-26-27-19(30-18)16-6-3-9-29-16)10-14(13)25-17(28)12-4-1-2-5-15(12)31-20(22,23)24/h1-10H,(H,25,28). The monoisotopic (exact) mass is 433 g/mol. The molecule has 0 aliphatic carbocycles. The van der Waals surface area contributed by atoms with Crippen LogP contribution in [0.3, 0.4) is 0 Å². The van der Waals surface area contributed by atoms with Crippen LogP contribution in [-0.4, -0.2) is 22.5 Å². The molecule has 0 spiro atoms. The van der Waals surface area contributed by atoms with Crippen molar-refractivity contribution >= 4 is 11.6 Å². The maximum absolute atomic E-state index is 14.3. The molecule has 0 saturated carbocycles. The molecule has 158 valence electrons. The Morgan fingerprint density at radius 2 is 1.77 bits per heavy atom. The first-order chi connectivity index (χ1) is 14.8. The quantitative estimate of drug-likeness (QED) is 0.431. The second-order valence-corrected chi connectivity index (χ2v) is 6.08. The van der Waals surface area contributed by atoms with Crippen molar-refractivity contribution in [2.75, 3.05) is 5.32 Å². The maximum Gasteiger partial charge on any atom is 0.573 e. The van der Waals surface area contributed by atoms with E-state index in [9.17, 15) is 22.4 Å². The Morgan fingerprint density at radius 3 is 2.52 bits per heavy atom. The predicted octanol–water partition coefficient (Wildman–Crippen LogP) is 5.29. The molecule has 1 amide bonds. The molecule has 31 heavy (non-hydrogen) atoms. The minimum absolute atomic E-state index is 0.0164. The first-order valence-electron chi connectivity index (χ1n) is 8.63. The first kappa shape index (κ1) is 20.1. The second kappa shape index (κ2) is 7.94. The molecule has 2 heterocycles. The number of furan rings is 1. The molecule has 11 heteroatoms. The van der Waals surface area contributed by atoms with E-state index >= 15 is 0 Å². The van der Waals surface area contributed by atoms with Crippen molar-refractivity contribution in [3.05, 3.63) is 72.2 Å². The number of anilines is 1. The van der Waals surface area contributed by atoms with E-state index in [2.05, 4.69) is 20.3 Å². The van der Waals surface area contributed by atoms with E-state index in [0.717, 1.165) is 18.2 Å². The molecule has 2 aromatic carbocycles. The lowest BCUT2D eigenvalue weighted by Gasteiger charge is -2.13. The number of rotatable bonds is 5. The highest BCUT2D eigenvalue weighted by atomic mass is 19.4. The molecule has 0 radical (unpaired) electrons. The van der Waals surface area contributed by atoms with Crippen LogP contribution in [-0.2, 0) is 0 Å². The molecule has 0 aliphatic rings. The summed E-state index contributed by atoms with van der Waals surface area (Å²) in [6.45, 7) is 0. The molecule has 1 N–H and O–H groups in total. The highest BCUT2D eigenvalue weighted by molar-refractivity contribution is 6.06. The topological polar surface area (TPSA) is 90.4 Å². The van der Waals surface area contributed by atoms with Crippen LogP contribution in [0.25, 0.3) is 23.1 Å². The van der Waals surface area contributed by atoms with Crippen molar-refractivity contribution < 1.29 is 35.9 Å². The average molecular weight is 433 g/mol. The molecule has 0 unspecified atom stereocenters. The molecule has 0 saturated heterocycles. The fraction of sp³-hybridized carbons (Fsp3) is 0.0500. The molecule has 7 nitrogen and oxygen atoms in total. The van der Waals surface area contributed by atoms with Gasteiger partial charge in [0.15, 0.2) is 5.76 Å². The number of nitrogens with zero attached hydrogens (tertiary/aromatic N) is 2. The molecule has 0 fully saturated rings. The van der Waals surface area contributed by atoms with Gasteiger partial charge in [-0.1, -0.05) is 12.1 Å². The van der Waals surface area contributed by atoms with E-state index < -0.39 is 29.4 Å². The van der Waals surface area contributed by atoms with Crippen LogP contribution in [0.2, 0.25) is 0 Å². The summed E-state index contributed by atoms with van der Waals surface area (Å²) < 4.78 is 66.5. The highest BCUT2D eigenvalue weighted by Crippen LogP contribution is 2.29. The number of ether oxygens (including phenoxy) is 1. The lowest BCUT2D eigenvalue weighted by atomic mass is 10.1. The third-order valence-electron chi connectivity index (χ3n) is 3.98. The number of carbonyl (C=O) groups excluding carboxylic acids is 1. The molecule has 4 aromatic rings. The summed E-state index contributed by atoms with van der Waals surface area (Å²) in [5.74, 6) is -2.11. The van der Waals surface area contributed by atoms with Gasteiger partial charge in [-0.05, 0) is 42.5 Å². The van der Waals surface area contributed by atoms with Gasteiger partial charge in [0.05, 0.1) is 17.5 Å². The van der Waals surface area contributed by atoms with E-state index in [1.165, 1.54) is 30.5 Å². The van der Waals surface area contributed by atoms with Gasteiger partial charge >= 0.3 is 6.36 Å². The summed E-state index contributed by atoms with van der Waals surface area (Å²) in [5.41, 5.74) is -0.466. The van der Waals surface area contributed by atoms with Gasteiger partial charge in [-0.2, -0.15) is 0 Å². The zero-order chi connectivity index (χ0) is 22.0. The van der Waals surface area contributed by atoms with Crippen LogP contribution >= 0.6 is 0 Å². The Labute approximate surface area is 171 Å². The number of nitrogens with one attached hydrogen (secondary N) is 1. The molecular formula is C20H11F4N3O4. The number of halogens is 4. The highest BCUT2D eigenvalue weighted by Gasteiger charge is 2.33. The summed E-state index contributed by atoms with van der Waals surface area (Å²) in [6.07, 6.45) is -3.57. The lowest BCUT2D eigenvalue weighted by molar-refractivity contribution is -0.274. The number of aromatic nitrogens is 2. The van der Waals surface area contributed by atoms with Crippen LogP contribution in [0.15, 0.2) is 69.7 Å². The number of hydrogen-bond donors (Lipinski definition) is 1. The van der Waals surface area contributed by atoms with Gasteiger partial charge < -0.3 is 18.9 Å². The van der Waals surface area contributed by atoms with E-state index in [1.54, 1.807) is 12.1 Å². The Balaban J connectivity index is 1.60. The largest absolute Gasteiger partial charge is 0.573 e. The van der Waals surface area contributed by atoms with Crippen LogP contribution in [0.5, 0.6) is 5.75 Å². The van der Waals surface area contributed by atoms with Gasteiger partial charge in [0.2, 0.25) is 5.89 Å². The predicted molar refractivity (Wildman–Crippen MR) is 98.5 cm³/mol. The van der Waals surface area contributed by atoms with Gasteiger partial charge in [-0.15, -0.1) is 23.4 Å². The minimum Gasteiger partial charge on any atom is -0.459 e. The van der Waals surface area contributed by atoms with Gasteiger partial charge in [0.1, 0.15) is 11.6 Å². The van der Waals surface area contributed by atoms with Crippen molar-refractivity contribution in [1.82, 2.24) is 10.2 Å². The Morgan fingerprint density at radius 1 is 1.00 bits per heavy atom. The number of carbonyl (C=O) groups is 1. The summed E-state index contributed by atoms with van der Waals surface area (Å²) in [6, 6.07) is 11.5. The SMILES string of the molecule is O=C(Nc1cc(-c2nnc(-c3ccco3)o2)ccc1F)c1ccccc1OC(F)(F)F. The van der Waals surface area contributed by atoms with Crippen LogP contribution in [0, 0.1) is 5.82 Å². The van der Waals surface area contributed by atoms with Crippen molar-refractivity contribution in [3.63, 3.8) is 0 Å². The van der Waals surface area contributed by atoms with Gasteiger partial charge in [0, 0.05) is 5.56 Å². The Kier molecular flexibility index (Phi) is 5.15. The summed E-state index contributed by atoms with van der Waals surface area (Å²) >= 11 is 0. The van der Waals surface area contributed by atoms with Crippen molar-refractivity contribution in [2.24, 2.45) is 0 Å². The molecule has 4 rings (SSSR count). The summed E-state index contributed by atoms with van der Waals surface area (Å²) in [4.78, 5) is 12.5. The smallest absolute Gasteiger partial charge is 0.459 e. The summed E-state index contributed by atoms with van der Waals surface area (Å²) in [5, 5.41) is 9.90. The number of amides is 1. The third kappa shape index (κ3) is 4.55. The Bertz CT molecular complexity index is 1220. The second-order valence-electron chi connectivity index (χ2n) is 6.08. The van der Waals surface area contributed by atoms with Crippen LogP contribution < -0.4 is 10.1 Å². The normalized spacial score (nSPS) is 11.4. The van der Waals surface area contributed by atoms with E-state index in [4.69, 9.17) is 8.83 Å². The fourth-order valence-electron chi connectivity index (χ4n) is 2.65.